The molecule has 1 rings (SSSR count). The highest BCUT2D eigenvalue weighted by molar-refractivity contribution is 7.89. The van der Waals surface area contributed by atoms with Crippen molar-refractivity contribution in [3.05, 3.63) is 29.3 Å². The molecule has 18 heavy (non-hydrogen) atoms. The summed E-state index contributed by atoms with van der Waals surface area (Å²) in [5, 5.41) is 0. The summed E-state index contributed by atoms with van der Waals surface area (Å²) in [5.41, 5.74) is -0.624. The van der Waals surface area contributed by atoms with Gasteiger partial charge in [-0.05, 0) is 36.7 Å². The SMILES string of the molecule is CNS(=O)(=O)c1cc(C(C)C)cc(C(F)(F)F)c1. The summed E-state index contributed by atoms with van der Waals surface area (Å²) in [4.78, 5) is -0.372. The first-order chi connectivity index (χ1) is 8.08. The predicted molar refractivity (Wildman–Crippen MR) is 61.8 cm³/mol. The monoisotopic (exact) mass is 281 g/mol. The van der Waals surface area contributed by atoms with Crippen LogP contribution < -0.4 is 4.72 Å². The van der Waals surface area contributed by atoms with Crippen LogP contribution in [0.4, 0.5) is 13.2 Å². The van der Waals surface area contributed by atoms with Crippen molar-refractivity contribution >= 4 is 10.0 Å². The van der Waals surface area contributed by atoms with E-state index >= 15 is 0 Å². The maximum Gasteiger partial charge on any atom is 0.416 e. The molecule has 0 radical (unpaired) electrons. The summed E-state index contributed by atoms with van der Waals surface area (Å²) in [6.07, 6.45) is -4.57. The Kier molecular flexibility index (Phi) is 4.07. The molecule has 1 N–H and O–H groups in total. The van der Waals surface area contributed by atoms with Crippen molar-refractivity contribution in [1.29, 1.82) is 0 Å². The maximum atomic E-state index is 12.7. The van der Waals surface area contributed by atoms with Crippen LogP contribution in [0.1, 0.15) is 30.9 Å². The molecule has 7 heteroatoms. The van der Waals surface area contributed by atoms with E-state index < -0.39 is 21.8 Å². The summed E-state index contributed by atoms with van der Waals surface area (Å²) in [5.74, 6) is -0.196. The standard InChI is InChI=1S/C11H14F3NO2S/c1-7(2)8-4-9(11(12,13)14)6-10(5-8)18(16,17)15-3/h4-7,15H,1-3H3. The van der Waals surface area contributed by atoms with Crippen molar-refractivity contribution in [1.82, 2.24) is 4.72 Å². The first-order valence-electron chi connectivity index (χ1n) is 5.23. The molecule has 102 valence electrons. The van der Waals surface area contributed by atoms with Crippen LogP contribution >= 0.6 is 0 Å². The van der Waals surface area contributed by atoms with E-state index in [-0.39, 0.29) is 10.8 Å². The molecule has 0 spiro atoms. The Morgan fingerprint density at radius 2 is 1.72 bits per heavy atom. The second-order valence-electron chi connectivity index (χ2n) is 4.15. The fraction of sp³-hybridized carbons (Fsp3) is 0.455. The quantitative estimate of drug-likeness (QED) is 0.926. The van der Waals surface area contributed by atoms with Crippen molar-refractivity contribution in [2.75, 3.05) is 7.05 Å². The number of nitrogens with one attached hydrogen (secondary N) is 1. The average molecular weight is 281 g/mol. The second kappa shape index (κ2) is 4.89. The van der Waals surface area contributed by atoms with Crippen LogP contribution in [-0.2, 0) is 16.2 Å². The largest absolute Gasteiger partial charge is 0.416 e. The summed E-state index contributed by atoms with van der Waals surface area (Å²) in [7, 11) is -2.73. The molecule has 1 aromatic carbocycles. The Labute approximate surface area is 104 Å². The number of sulfonamides is 1. The zero-order valence-electron chi connectivity index (χ0n) is 10.2. The van der Waals surface area contributed by atoms with Crippen LogP contribution in [0.2, 0.25) is 0 Å². The molecule has 0 fully saturated rings. The third-order valence-electron chi connectivity index (χ3n) is 2.50. The molecule has 0 aliphatic heterocycles. The summed E-state index contributed by atoms with van der Waals surface area (Å²) >= 11 is 0. The summed E-state index contributed by atoms with van der Waals surface area (Å²) < 4.78 is 63.2. The first-order valence-corrected chi connectivity index (χ1v) is 6.72. The molecule has 0 amide bonds. The lowest BCUT2D eigenvalue weighted by Crippen LogP contribution is -2.20. The van der Waals surface area contributed by atoms with Crippen LogP contribution in [0.5, 0.6) is 0 Å². The zero-order valence-corrected chi connectivity index (χ0v) is 11.0. The van der Waals surface area contributed by atoms with Crippen LogP contribution in [0.3, 0.4) is 0 Å². The lowest BCUT2D eigenvalue weighted by atomic mass is 10.0. The van der Waals surface area contributed by atoms with Crippen molar-refractivity contribution < 1.29 is 21.6 Å². The predicted octanol–water partition coefficient (Wildman–Crippen LogP) is 2.74. The van der Waals surface area contributed by atoms with Gasteiger partial charge >= 0.3 is 6.18 Å². The van der Waals surface area contributed by atoms with E-state index in [1.54, 1.807) is 13.8 Å². The van der Waals surface area contributed by atoms with Gasteiger partial charge in [0.2, 0.25) is 10.0 Å². The van der Waals surface area contributed by atoms with Gasteiger partial charge in [-0.1, -0.05) is 13.8 Å². The molecule has 1 aromatic rings. The molecule has 3 nitrogen and oxygen atoms in total. The Bertz CT molecular complexity index is 536. The third-order valence-corrected chi connectivity index (χ3v) is 3.90. The van der Waals surface area contributed by atoms with Crippen LogP contribution in [0, 0.1) is 0 Å². The smallest absolute Gasteiger partial charge is 0.214 e. The van der Waals surface area contributed by atoms with Crippen LogP contribution in [-0.4, -0.2) is 15.5 Å². The maximum absolute atomic E-state index is 12.7. The van der Waals surface area contributed by atoms with Gasteiger partial charge in [0.1, 0.15) is 0 Å². The second-order valence-corrected chi connectivity index (χ2v) is 6.04. The molecule has 0 atom stereocenters. The van der Waals surface area contributed by atoms with E-state index in [1.165, 1.54) is 6.07 Å². The average Bonchev–Trinajstić information content (AvgIpc) is 2.27. The molecule has 0 aliphatic carbocycles. The molecule has 0 saturated carbocycles. The highest BCUT2D eigenvalue weighted by atomic mass is 32.2. The Hall–Kier alpha value is -1.08. The number of hydrogen-bond donors (Lipinski definition) is 1. The normalized spacial score (nSPS) is 13.1. The van der Waals surface area contributed by atoms with Gasteiger partial charge in [-0.2, -0.15) is 13.2 Å². The zero-order chi connectivity index (χ0) is 14.1. The van der Waals surface area contributed by atoms with Gasteiger partial charge < -0.3 is 0 Å². The minimum atomic E-state index is -4.57. The Morgan fingerprint density at radius 3 is 2.11 bits per heavy atom. The van der Waals surface area contributed by atoms with E-state index in [2.05, 4.69) is 0 Å². The fourth-order valence-corrected chi connectivity index (χ4v) is 2.20. The number of alkyl halides is 3. The van der Waals surface area contributed by atoms with Crippen molar-refractivity contribution in [2.45, 2.75) is 30.8 Å². The van der Waals surface area contributed by atoms with E-state index in [4.69, 9.17) is 0 Å². The third kappa shape index (κ3) is 3.23. The minimum Gasteiger partial charge on any atom is -0.214 e. The highest BCUT2D eigenvalue weighted by Crippen LogP contribution is 2.33. The molecule has 0 saturated heterocycles. The van der Waals surface area contributed by atoms with E-state index in [9.17, 15) is 21.6 Å². The Balaban J connectivity index is 3.51. The summed E-state index contributed by atoms with van der Waals surface area (Å²) in [6.45, 7) is 3.40. The van der Waals surface area contributed by atoms with Gasteiger partial charge in [0.15, 0.2) is 0 Å². The van der Waals surface area contributed by atoms with Gasteiger partial charge in [0.05, 0.1) is 10.5 Å². The van der Waals surface area contributed by atoms with Gasteiger partial charge in [0, 0.05) is 0 Å². The van der Waals surface area contributed by atoms with Gasteiger partial charge in [-0.25, -0.2) is 13.1 Å². The molecule has 0 aliphatic rings. The molecule has 0 aromatic heterocycles. The highest BCUT2D eigenvalue weighted by Gasteiger charge is 2.32. The fourth-order valence-electron chi connectivity index (χ4n) is 1.39. The topological polar surface area (TPSA) is 46.2 Å². The minimum absolute atomic E-state index is 0.196. The molecule has 0 bridgehead atoms. The molecular formula is C11H14F3NO2S. The number of halogens is 3. The molecule has 0 heterocycles. The first kappa shape index (κ1) is 15.0. The van der Waals surface area contributed by atoms with Gasteiger partial charge in [-0.3, -0.25) is 0 Å². The lowest BCUT2D eigenvalue weighted by Gasteiger charge is -2.14. The lowest BCUT2D eigenvalue weighted by molar-refractivity contribution is -0.137. The molecule has 0 unspecified atom stereocenters. The van der Waals surface area contributed by atoms with E-state index in [1.807, 2.05) is 4.72 Å². The summed E-state index contributed by atoms with van der Waals surface area (Å²) in [6, 6.07) is 2.86. The van der Waals surface area contributed by atoms with Crippen molar-refractivity contribution in [3.63, 3.8) is 0 Å². The molecular weight excluding hydrogens is 267 g/mol. The number of benzene rings is 1. The number of hydrogen-bond acceptors (Lipinski definition) is 2. The van der Waals surface area contributed by atoms with Crippen LogP contribution in [0.25, 0.3) is 0 Å². The number of rotatable bonds is 3. The van der Waals surface area contributed by atoms with Crippen LogP contribution in [0.15, 0.2) is 23.1 Å². The van der Waals surface area contributed by atoms with Crippen molar-refractivity contribution in [3.8, 4) is 0 Å². The van der Waals surface area contributed by atoms with Gasteiger partial charge in [0.25, 0.3) is 0 Å². The van der Waals surface area contributed by atoms with Gasteiger partial charge in [-0.15, -0.1) is 0 Å². The van der Waals surface area contributed by atoms with E-state index in [0.29, 0.717) is 11.6 Å². The Morgan fingerprint density at radius 1 is 1.17 bits per heavy atom. The van der Waals surface area contributed by atoms with Crippen molar-refractivity contribution in [2.24, 2.45) is 0 Å². The van der Waals surface area contributed by atoms with E-state index in [0.717, 1.165) is 13.1 Å².